The van der Waals surface area contributed by atoms with Gasteiger partial charge in [-0.05, 0) is 42.4 Å². The molecule has 1 N–H and O–H groups in total. The van der Waals surface area contributed by atoms with Crippen LogP contribution in [0.1, 0.15) is 50.9 Å². The number of H-pyrrole nitrogens is 1. The van der Waals surface area contributed by atoms with Crippen molar-refractivity contribution in [3.8, 4) is 11.5 Å². The number of rotatable bonds is 8. The van der Waals surface area contributed by atoms with E-state index < -0.39 is 0 Å². The third-order valence-electron chi connectivity index (χ3n) is 3.46. The van der Waals surface area contributed by atoms with Crippen LogP contribution in [0.4, 0.5) is 0 Å². The molecular weight excluding hydrogens is 324 g/mol. The Morgan fingerprint density at radius 2 is 2.17 bits per heavy atom. The lowest BCUT2D eigenvalue weighted by Crippen LogP contribution is -2.01. The van der Waals surface area contributed by atoms with Crippen LogP contribution in [0.25, 0.3) is 0 Å². The zero-order valence-corrected chi connectivity index (χ0v) is 15.4. The third-order valence-corrected chi connectivity index (χ3v) is 3.72. The first-order valence-corrected chi connectivity index (χ1v) is 8.50. The molecule has 6 nitrogen and oxygen atoms in total. The minimum atomic E-state index is 0.221. The molecule has 130 valence electrons. The number of benzene rings is 1. The summed E-state index contributed by atoms with van der Waals surface area (Å²) in [6, 6.07) is 5.73. The van der Waals surface area contributed by atoms with Gasteiger partial charge in [-0.15, -0.1) is 0 Å². The zero-order valence-electron chi connectivity index (χ0n) is 14.6. The van der Waals surface area contributed by atoms with E-state index in [1.807, 2.05) is 32.0 Å². The predicted molar refractivity (Wildman–Crippen MR) is 97.9 cm³/mol. The monoisotopic (exact) mass is 348 g/mol. The van der Waals surface area contributed by atoms with Gasteiger partial charge in [0.2, 0.25) is 4.77 Å². The van der Waals surface area contributed by atoms with Gasteiger partial charge in [0.25, 0.3) is 0 Å². The molecular formula is C17H24N4O2S. The number of aromatic nitrogens is 3. The quantitative estimate of drug-likeness (QED) is 0.442. The molecule has 0 fully saturated rings. The van der Waals surface area contributed by atoms with Gasteiger partial charge in [-0.2, -0.15) is 14.9 Å². The SMILES string of the molecule is CCCCOc1ccc(/C=N\n2c(C(C)C)n[nH]c2=S)cc1OC. The van der Waals surface area contributed by atoms with Gasteiger partial charge in [-0.3, -0.25) is 5.10 Å². The second-order valence-corrected chi connectivity index (χ2v) is 6.10. The summed E-state index contributed by atoms with van der Waals surface area (Å²) in [6.45, 7) is 6.90. The topological polar surface area (TPSA) is 64.4 Å². The minimum Gasteiger partial charge on any atom is -0.493 e. The van der Waals surface area contributed by atoms with Crippen molar-refractivity contribution < 1.29 is 9.47 Å². The highest BCUT2D eigenvalue weighted by atomic mass is 32.1. The molecule has 0 radical (unpaired) electrons. The average Bonchev–Trinajstić information content (AvgIpc) is 2.95. The van der Waals surface area contributed by atoms with Gasteiger partial charge in [0.15, 0.2) is 17.3 Å². The van der Waals surface area contributed by atoms with E-state index in [9.17, 15) is 0 Å². The number of hydrogen-bond donors (Lipinski definition) is 1. The Morgan fingerprint density at radius 1 is 1.38 bits per heavy atom. The summed E-state index contributed by atoms with van der Waals surface area (Å²) in [6.07, 6.45) is 3.84. The number of aromatic amines is 1. The molecule has 1 aromatic carbocycles. The lowest BCUT2D eigenvalue weighted by Gasteiger charge is -2.10. The van der Waals surface area contributed by atoms with Crippen LogP contribution in [0.3, 0.4) is 0 Å². The Hall–Kier alpha value is -2.15. The van der Waals surface area contributed by atoms with Gasteiger partial charge in [-0.1, -0.05) is 27.2 Å². The fourth-order valence-corrected chi connectivity index (χ4v) is 2.31. The van der Waals surface area contributed by atoms with Crippen molar-refractivity contribution in [3.05, 3.63) is 34.4 Å². The van der Waals surface area contributed by atoms with Gasteiger partial charge in [0, 0.05) is 5.92 Å². The van der Waals surface area contributed by atoms with Crippen molar-refractivity contribution >= 4 is 18.4 Å². The van der Waals surface area contributed by atoms with Gasteiger partial charge in [-0.25, -0.2) is 0 Å². The van der Waals surface area contributed by atoms with E-state index in [0.29, 0.717) is 17.1 Å². The molecule has 0 amide bonds. The number of nitrogens with one attached hydrogen (secondary N) is 1. The first kappa shape index (κ1) is 18.2. The van der Waals surface area contributed by atoms with Crippen LogP contribution in [0.15, 0.2) is 23.3 Å². The number of unbranched alkanes of at least 4 members (excludes halogenated alkanes) is 1. The first-order valence-electron chi connectivity index (χ1n) is 8.09. The summed E-state index contributed by atoms with van der Waals surface area (Å²) >= 11 is 5.22. The first-order chi connectivity index (χ1) is 11.6. The van der Waals surface area contributed by atoms with E-state index in [2.05, 4.69) is 22.2 Å². The summed E-state index contributed by atoms with van der Waals surface area (Å²) in [5.41, 5.74) is 0.896. The summed E-state index contributed by atoms with van der Waals surface area (Å²) in [7, 11) is 1.63. The van der Waals surface area contributed by atoms with Crippen LogP contribution in [-0.2, 0) is 0 Å². The number of nitrogens with zero attached hydrogens (tertiary/aromatic N) is 3. The van der Waals surface area contributed by atoms with E-state index in [0.717, 1.165) is 30.0 Å². The molecule has 7 heteroatoms. The minimum absolute atomic E-state index is 0.221. The van der Waals surface area contributed by atoms with Crippen LogP contribution in [0, 0.1) is 4.77 Å². The standard InChI is InChI=1S/C17H24N4O2S/c1-5-6-9-23-14-8-7-13(10-15(14)22-4)11-18-21-16(12(2)3)19-20-17(21)24/h7-8,10-12H,5-6,9H2,1-4H3,(H,20,24)/b18-11-. The van der Waals surface area contributed by atoms with Crippen molar-refractivity contribution in [3.63, 3.8) is 0 Å². The highest BCUT2D eigenvalue weighted by molar-refractivity contribution is 7.71. The Balaban J connectivity index is 2.21. The number of ether oxygens (including phenoxy) is 2. The van der Waals surface area contributed by atoms with E-state index in [4.69, 9.17) is 21.7 Å². The van der Waals surface area contributed by atoms with Gasteiger partial charge >= 0.3 is 0 Å². The van der Waals surface area contributed by atoms with Crippen LogP contribution in [-0.4, -0.2) is 34.8 Å². The van der Waals surface area contributed by atoms with Gasteiger partial charge in [0.1, 0.15) is 0 Å². The van der Waals surface area contributed by atoms with Crippen molar-refractivity contribution in [2.75, 3.05) is 13.7 Å². The highest BCUT2D eigenvalue weighted by Gasteiger charge is 2.09. The molecule has 0 saturated carbocycles. The average molecular weight is 348 g/mol. The molecule has 2 aromatic rings. The van der Waals surface area contributed by atoms with Crippen LogP contribution >= 0.6 is 12.2 Å². The van der Waals surface area contributed by atoms with E-state index >= 15 is 0 Å². The fourth-order valence-electron chi connectivity index (χ4n) is 2.12. The van der Waals surface area contributed by atoms with Crippen LogP contribution < -0.4 is 9.47 Å². The number of hydrogen-bond acceptors (Lipinski definition) is 5. The molecule has 0 saturated heterocycles. The van der Waals surface area contributed by atoms with Crippen molar-refractivity contribution in [1.29, 1.82) is 0 Å². The second kappa shape index (κ2) is 8.63. The molecule has 0 aliphatic carbocycles. The molecule has 0 aliphatic rings. The molecule has 1 heterocycles. The molecule has 0 aliphatic heterocycles. The molecule has 1 aromatic heterocycles. The maximum atomic E-state index is 5.74. The second-order valence-electron chi connectivity index (χ2n) is 5.71. The summed E-state index contributed by atoms with van der Waals surface area (Å²) in [5, 5.41) is 11.4. The summed E-state index contributed by atoms with van der Waals surface area (Å²) in [4.78, 5) is 0. The van der Waals surface area contributed by atoms with E-state index in [-0.39, 0.29) is 5.92 Å². The highest BCUT2D eigenvalue weighted by Crippen LogP contribution is 2.27. The largest absolute Gasteiger partial charge is 0.493 e. The van der Waals surface area contributed by atoms with Gasteiger partial charge < -0.3 is 9.47 Å². The van der Waals surface area contributed by atoms with Gasteiger partial charge in [0.05, 0.1) is 19.9 Å². The Morgan fingerprint density at radius 3 is 2.83 bits per heavy atom. The maximum Gasteiger partial charge on any atom is 0.216 e. The third kappa shape index (κ3) is 4.44. The van der Waals surface area contributed by atoms with Crippen LogP contribution in [0.5, 0.6) is 11.5 Å². The van der Waals surface area contributed by atoms with Crippen molar-refractivity contribution in [2.24, 2.45) is 5.10 Å². The lowest BCUT2D eigenvalue weighted by atomic mass is 10.2. The smallest absolute Gasteiger partial charge is 0.216 e. The van der Waals surface area contributed by atoms with Crippen LogP contribution in [0.2, 0.25) is 0 Å². The van der Waals surface area contributed by atoms with Crippen molar-refractivity contribution in [1.82, 2.24) is 14.9 Å². The molecule has 2 rings (SSSR count). The Labute approximate surface area is 147 Å². The summed E-state index contributed by atoms with van der Waals surface area (Å²) < 4.78 is 13.3. The molecule has 0 bridgehead atoms. The molecule has 0 unspecified atom stereocenters. The van der Waals surface area contributed by atoms with E-state index in [1.54, 1.807) is 18.0 Å². The van der Waals surface area contributed by atoms with E-state index in [1.165, 1.54) is 0 Å². The Kier molecular flexibility index (Phi) is 6.54. The molecule has 0 atom stereocenters. The Bertz CT molecular complexity index is 749. The van der Waals surface area contributed by atoms with Crippen molar-refractivity contribution in [2.45, 2.75) is 39.5 Å². The molecule has 24 heavy (non-hydrogen) atoms. The fraction of sp³-hybridized carbons (Fsp3) is 0.471. The lowest BCUT2D eigenvalue weighted by molar-refractivity contribution is 0.288. The molecule has 0 spiro atoms. The number of methoxy groups -OCH3 is 1. The predicted octanol–water partition coefficient (Wildman–Crippen LogP) is 4.13. The zero-order chi connectivity index (χ0) is 17.5. The summed E-state index contributed by atoms with van der Waals surface area (Å²) in [5.74, 6) is 2.45. The maximum absolute atomic E-state index is 5.74. The normalized spacial score (nSPS) is 11.4.